The third kappa shape index (κ3) is 2.96. The molecule has 6 heteroatoms. The minimum Gasteiger partial charge on any atom is -0.468 e. The van der Waals surface area contributed by atoms with E-state index in [0.29, 0.717) is 5.58 Å². The van der Waals surface area contributed by atoms with Crippen LogP contribution in [0.2, 0.25) is 0 Å². The molecule has 0 saturated carbocycles. The highest BCUT2D eigenvalue weighted by molar-refractivity contribution is 9.10. The van der Waals surface area contributed by atoms with Crippen molar-refractivity contribution in [3.63, 3.8) is 0 Å². The highest BCUT2D eigenvalue weighted by Gasteiger charge is 2.14. The second-order valence-corrected chi connectivity index (χ2v) is 4.93. The maximum atomic E-state index is 11.8. The van der Waals surface area contributed by atoms with E-state index in [1.165, 1.54) is 7.11 Å². The molecule has 1 heterocycles. The van der Waals surface area contributed by atoms with E-state index in [9.17, 15) is 9.59 Å². The molecule has 1 amide bonds. The van der Waals surface area contributed by atoms with E-state index in [-0.39, 0.29) is 12.3 Å². The van der Waals surface area contributed by atoms with Gasteiger partial charge in [0.05, 0.1) is 7.11 Å². The number of ether oxygens (including phenoxy) is 1. The molecule has 2 rings (SSSR count). The van der Waals surface area contributed by atoms with Crippen LogP contribution in [0.25, 0.3) is 11.0 Å². The second kappa shape index (κ2) is 5.44. The van der Waals surface area contributed by atoms with Crippen molar-refractivity contribution < 1.29 is 18.7 Å². The van der Waals surface area contributed by atoms with Gasteiger partial charge in [-0.1, -0.05) is 15.9 Å². The molecule has 0 saturated heterocycles. The molecule has 2 aromatic rings. The number of amides is 1. The molecule has 5 nitrogen and oxygen atoms in total. The van der Waals surface area contributed by atoms with Crippen LogP contribution in [0.5, 0.6) is 0 Å². The number of carbonyl (C=O) groups excluding carboxylic acids is 2. The van der Waals surface area contributed by atoms with Crippen LogP contribution < -0.4 is 5.32 Å². The fraction of sp³-hybridized carbons (Fsp3) is 0.231. The number of hydrogen-bond donors (Lipinski definition) is 1. The predicted molar refractivity (Wildman–Crippen MR) is 73.0 cm³/mol. The summed E-state index contributed by atoms with van der Waals surface area (Å²) in [5, 5.41) is 3.25. The van der Waals surface area contributed by atoms with E-state index in [4.69, 9.17) is 4.42 Å². The summed E-state index contributed by atoms with van der Waals surface area (Å²) in [6.07, 6.45) is 0. The SMILES string of the molecule is COC(=O)CNC(=O)c1cc2cc(Br)cc(C)c2o1. The number of furan rings is 1. The second-order valence-electron chi connectivity index (χ2n) is 4.01. The molecular weight excluding hydrogens is 314 g/mol. The summed E-state index contributed by atoms with van der Waals surface area (Å²) in [6.45, 7) is 1.71. The molecule has 0 radical (unpaired) electrons. The number of esters is 1. The molecule has 19 heavy (non-hydrogen) atoms. The van der Waals surface area contributed by atoms with Gasteiger partial charge in [-0.05, 0) is 30.7 Å². The predicted octanol–water partition coefficient (Wildman–Crippen LogP) is 2.41. The van der Waals surface area contributed by atoms with Crippen LogP contribution >= 0.6 is 15.9 Å². The molecule has 1 aromatic heterocycles. The molecule has 0 atom stereocenters. The Bertz CT molecular complexity index is 647. The maximum absolute atomic E-state index is 11.8. The van der Waals surface area contributed by atoms with Crippen molar-refractivity contribution in [1.29, 1.82) is 0 Å². The van der Waals surface area contributed by atoms with E-state index in [1.807, 2.05) is 19.1 Å². The lowest BCUT2D eigenvalue weighted by Gasteiger charge is -2.00. The minimum absolute atomic E-state index is 0.167. The number of aryl methyl sites for hydroxylation is 1. The van der Waals surface area contributed by atoms with Crippen LogP contribution in [0.15, 0.2) is 27.1 Å². The Morgan fingerprint density at radius 3 is 2.79 bits per heavy atom. The van der Waals surface area contributed by atoms with Gasteiger partial charge in [-0.2, -0.15) is 0 Å². The number of hydrogen-bond acceptors (Lipinski definition) is 4. The monoisotopic (exact) mass is 325 g/mol. The van der Waals surface area contributed by atoms with Crippen LogP contribution in [0.1, 0.15) is 16.1 Å². The lowest BCUT2D eigenvalue weighted by Crippen LogP contribution is -2.29. The van der Waals surface area contributed by atoms with E-state index in [0.717, 1.165) is 15.4 Å². The Morgan fingerprint density at radius 1 is 1.37 bits per heavy atom. The average Bonchev–Trinajstić information content (AvgIpc) is 2.79. The number of carbonyl (C=O) groups is 2. The molecule has 0 fully saturated rings. The average molecular weight is 326 g/mol. The maximum Gasteiger partial charge on any atom is 0.325 e. The van der Waals surface area contributed by atoms with Crippen molar-refractivity contribution in [1.82, 2.24) is 5.32 Å². The summed E-state index contributed by atoms with van der Waals surface area (Å²) >= 11 is 3.39. The van der Waals surface area contributed by atoms with Gasteiger partial charge in [-0.3, -0.25) is 9.59 Å². The van der Waals surface area contributed by atoms with E-state index < -0.39 is 11.9 Å². The van der Waals surface area contributed by atoms with Gasteiger partial charge in [-0.25, -0.2) is 0 Å². The number of halogens is 1. The van der Waals surface area contributed by atoms with Gasteiger partial charge in [0.1, 0.15) is 12.1 Å². The molecule has 0 aliphatic carbocycles. The highest BCUT2D eigenvalue weighted by Crippen LogP contribution is 2.26. The van der Waals surface area contributed by atoms with Gasteiger partial charge in [0.2, 0.25) is 0 Å². The van der Waals surface area contributed by atoms with Crippen molar-refractivity contribution in [2.75, 3.05) is 13.7 Å². The zero-order chi connectivity index (χ0) is 14.0. The van der Waals surface area contributed by atoms with Crippen LogP contribution in [0, 0.1) is 6.92 Å². The van der Waals surface area contributed by atoms with Gasteiger partial charge >= 0.3 is 5.97 Å². The lowest BCUT2D eigenvalue weighted by molar-refractivity contribution is -0.139. The van der Waals surface area contributed by atoms with Crippen molar-refractivity contribution in [2.24, 2.45) is 0 Å². The normalized spacial score (nSPS) is 10.5. The molecule has 0 unspecified atom stereocenters. The number of benzene rings is 1. The summed E-state index contributed by atoms with van der Waals surface area (Å²) < 4.78 is 10.9. The Morgan fingerprint density at radius 2 is 2.11 bits per heavy atom. The summed E-state index contributed by atoms with van der Waals surface area (Å²) in [4.78, 5) is 22.8. The summed E-state index contributed by atoms with van der Waals surface area (Å²) in [7, 11) is 1.26. The van der Waals surface area contributed by atoms with Gasteiger partial charge < -0.3 is 14.5 Å². The zero-order valence-corrected chi connectivity index (χ0v) is 12.0. The van der Waals surface area contributed by atoms with Crippen molar-refractivity contribution in [2.45, 2.75) is 6.92 Å². The minimum atomic E-state index is -0.511. The Hall–Kier alpha value is -1.82. The topological polar surface area (TPSA) is 68.5 Å². The third-order valence-corrected chi connectivity index (χ3v) is 3.07. The fourth-order valence-electron chi connectivity index (χ4n) is 1.71. The van der Waals surface area contributed by atoms with Gasteiger partial charge in [0.25, 0.3) is 5.91 Å². The van der Waals surface area contributed by atoms with E-state index in [1.54, 1.807) is 6.07 Å². The Labute approximate surface area is 118 Å². The van der Waals surface area contributed by atoms with Crippen molar-refractivity contribution >= 4 is 38.8 Å². The van der Waals surface area contributed by atoms with Crippen LogP contribution in [0.4, 0.5) is 0 Å². The number of rotatable bonds is 3. The van der Waals surface area contributed by atoms with Crippen LogP contribution in [0.3, 0.4) is 0 Å². The molecule has 1 N–H and O–H groups in total. The Kier molecular flexibility index (Phi) is 3.90. The third-order valence-electron chi connectivity index (χ3n) is 2.61. The number of fused-ring (bicyclic) bond motifs is 1. The number of methoxy groups -OCH3 is 1. The number of nitrogens with one attached hydrogen (secondary N) is 1. The smallest absolute Gasteiger partial charge is 0.325 e. The van der Waals surface area contributed by atoms with Crippen molar-refractivity contribution in [3.05, 3.63) is 34.0 Å². The molecule has 0 aliphatic heterocycles. The molecular formula is C13H12BrNO4. The summed E-state index contributed by atoms with van der Waals surface area (Å²) in [5.74, 6) is -0.791. The van der Waals surface area contributed by atoms with Crippen LogP contribution in [-0.4, -0.2) is 25.5 Å². The van der Waals surface area contributed by atoms with Gasteiger partial charge in [-0.15, -0.1) is 0 Å². The first kappa shape index (κ1) is 13.6. The lowest BCUT2D eigenvalue weighted by atomic mass is 10.2. The van der Waals surface area contributed by atoms with E-state index in [2.05, 4.69) is 26.0 Å². The van der Waals surface area contributed by atoms with Gasteiger partial charge in [0.15, 0.2) is 5.76 Å². The largest absolute Gasteiger partial charge is 0.468 e. The Balaban J connectivity index is 2.24. The molecule has 1 aromatic carbocycles. The molecule has 0 aliphatic rings. The van der Waals surface area contributed by atoms with E-state index >= 15 is 0 Å². The van der Waals surface area contributed by atoms with Gasteiger partial charge in [0, 0.05) is 9.86 Å². The molecule has 0 bridgehead atoms. The first-order chi connectivity index (χ1) is 9.01. The quantitative estimate of drug-likeness (QED) is 0.880. The highest BCUT2D eigenvalue weighted by atomic mass is 79.9. The standard InChI is InChI=1S/C13H12BrNO4/c1-7-3-9(14)4-8-5-10(19-12(7)8)13(17)15-6-11(16)18-2/h3-5H,6H2,1-2H3,(H,15,17). The molecule has 0 spiro atoms. The zero-order valence-electron chi connectivity index (χ0n) is 10.5. The summed E-state index contributed by atoms with van der Waals surface area (Å²) in [6, 6.07) is 5.41. The summed E-state index contributed by atoms with van der Waals surface area (Å²) in [5.41, 5.74) is 1.59. The van der Waals surface area contributed by atoms with Crippen molar-refractivity contribution in [3.8, 4) is 0 Å². The fourth-order valence-corrected chi connectivity index (χ4v) is 2.30. The first-order valence-corrected chi connectivity index (χ1v) is 6.35. The molecule has 100 valence electrons. The van der Waals surface area contributed by atoms with Crippen LogP contribution in [-0.2, 0) is 9.53 Å². The first-order valence-electron chi connectivity index (χ1n) is 5.56.